The van der Waals surface area contributed by atoms with E-state index in [4.69, 9.17) is 0 Å². The maximum Gasteiger partial charge on any atom is 0.160 e. The second-order valence-corrected chi connectivity index (χ2v) is 22.7. The maximum atomic E-state index is 11.9. The highest BCUT2D eigenvalue weighted by Crippen LogP contribution is 2.60. The number of hydrogen-bond acceptors (Lipinski definition) is 3. The molecule has 6 aromatic carbocycles. The number of aldehydes is 1. The average molecular weight is 956 g/mol. The summed E-state index contributed by atoms with van der Waals surface area (Å²) in [6.07, 6.45) is 22.2. The van der Waals surface area contributed by atoms with Crippen LogP contribution < -0.4 is 4.90 Å². The molecule has 0 bridgehead atoms. The van der Waals surface area contributed by atoms with Crippen LogP contribution in [0.1, 0.15) is 200 Å². The van der Waals surface area contributed by atoms with Crippen molar-refractivity contribution >= 4 is 34.7 Å². The molecule has 0 saturated carbocycles. The van der Waals surface area contributed by atoms with Gasteiger partial charge in [0.2, 0.25) is 0 Å². The molecule has 0 N–H and O–H groups in total. The molecule has 1 aromatic heterocycles. The van der Waals surface area contributed by atoms with E-state index in [0.717, 1.165) is 41.7 Å². The molecule has 0 fully saturated rings. The fraction of sp³-hybridized carbons (Fsp3) is 0.397. The van der Waals surface area contributed by atoms with Crippen molar-refractivity contribution in [3.05, 3.63) is 172 Å². The van der Waals surface area contributed by atoms with E-state index >= 15 is 0 Å². The highest BCUT2D eigenvalue weighted by atomic mass is 32.1. The lowest BCUT2D eigenvalue weighted by Crippen LogP contribution is -2.27. The molecule has 3 heteroatoms. The van der Waals surface area contributed by atoms with Gasteiger partial charge in [-0.15, -0.1) is 11.3 Å². The quantitative estimate of drug-likeness (QED) is 0.0596. The molecule has 0 unspecified atom stereocenters. The first kappa shape index (κ1) is 49.1. The average Bonchev–Trinajstić information content (AvgIpc) is 4.15. The van der Waals surface area contributed by atoms with Gasteiger partial charge < -0.3 is 4.90 Å². The molecule has 0 spiro atoms. The fourth-order valence-electron chi connectivity index (χ4n) is 13.8. The Hall–Kier alpha value is -5.51. The predicted octanol–water partition coefficient (Wildman–Crippen LogP) is 20.6. The third kappa shape index (κ3) is 8.37. The molecule has 10 rings (SSSR count). The Bertz CT molecular complexity index is 2880. The Labute approximate surface area is 431 Å². The van der Waals surface area contributed by atoms with E-state index in [-0.39, 0.29) is 16.2 Å². The number of benzene rings is 6. The van der Waals surface area contributed by atoms with Gasteiger partial charge in [0.05, 0.1) is 4.88 Å². The molecule has 71 heavy (non-hydrogen) atoms. The minimum atomic E-state index is -0.122. The standard InChI is InChI=1S/C68H77NOS/c1-7-13-37-66(38-14-8-2)59-25-21-19-23-53(59)56-33-28-49(44-62(56)66)69(50-29-34-57-54-24-20-22-26-60(54)67(39-15-9-3,40-16-10-4)63(57)45-50)51-30-35-58-55-32-27-48(65-36-31-52(47-70)71-65)43-61(55)68(41-17-11-5,42-18-12-6)64(58)46-51/h19-36,43-47H,7-18,37-42H2,1-6H3. The minimum Gasteiger partial charge on any atom is -0.310 e. The van der Waals surface area contributed by atoms with Crippen molar-refractivity contribution in [2.24, 2.45) is 0 Å². The molecule has 1 heterocycles. The summed E-state index contributed by atoms with van der Waals surface area (Å²) in [6, 6.07) is 52.9. The largest absolute Gasteiger partial charge is 0.310 e. The molecule has 366 valence electrons. The topological polar surface area (TPSA) is 20.3 Å². The van der Waals surface area contributed by atoms with Gasteiger partial charge in [0.1, 0.15) is 0 Å². The Morgan fingerprint density at radius 3 is 1.08 bits per heavy atom. The molecular formula is C68H77NOS. The number of fused-ring (bicyclic) bond motifs is 9. The van der Waals surface area contributed by atoms with Crippen molar-refractivity contribution in [2.45, 2.75) is 173 Å². The molecule has 0 radical (unpaired) electrons. The van der Waals surface area contributed by atoms with Gasteiger partial charge in [-0.05, 0) is 165 Å². The molecule has 0 saturated heterocycles. The Balaban J connectivity index is 1.21. The van der Waals surface area contributed by atoms with Crippen molar-refractivity contribution in [3.8, 4) is 43.8 Å². The van der Waals surface area contributed by atoms with Crippen molar-refractivity contribution < 1.29 is 4.79 Å². The lowest BCUT2D eigenvalue weighted by molar-refractivity contribution is 0.112. The predicted molar refractivity (Wildman–Crippen MR) is 306 cm³/mol. The van der Waals surface area contributed by atoms with E-state index in [1.54, 1.807) is 11.3 Å². The van der Waals surface area contributed by atoms with Gasteiger partial charge in [-0.3, -0.25) is 4.79 Å². The summed E-state index contributed by atoms with van der Waals surface area (Å²) in [6.45, 7) is 14.2. The highest BCUT2D eigenvalue weighted by molar-refractivity contribution is 7.17. The molecular weight excluding hydrogens is 879 g/mol. The van der Waals surface area contributed by atoms with Crippen LogP contribution >= 0.6 is 11.3 Å². The Morgan fingerprint density at radius 1 is 0.380 bits per heavy atom. The second kappa shape index (κ2) is 20.9. The molecule has 7 aromatic rings. The second-order valence-electron chi connectivity index (χ2n) is 21.6. The SMILES string of the molecule is CCCCC1(CCCC)c2ccccc2-c2ccc(N(c3ccc4c(c3)C(CCCC)(CCCC)c3ccccc3-4)c3ccc4c(c3)C(CCCC)(CCCC)c3cc(-c5ccc(C=O)s5)ccc3-4)cc21. The van der Waals surface area contributed by atoms with E-state index in [1.807, 2.05) is 6.07 Å². The number of carbonyl (C=O) groups excluding carboxylic acids is 1. The van der Waals surface area contributed by atoms with E-state index in [1.165, 1.54) is 179 Å². The maximum absolute atomic E-state index is 11.9. The van der Waals surface area contributed by atoms with Gasteiger partial charge in [-0.25, -0.2) is 0 Å². The van der Waals surface area contributed by atoms with Gasteiger partial charge in [0.15, 0.2) is 6.29 Å². The smallest absolute Gasteiger partial charge is 0.160 e. The van der Waals surface area contributed by atoms with Crippen LogP contribution in [0.3, 0.4) is 0 Å². The van der Waals surface area contributed by atoms with Gasteiger partial charge >= 0.3 is 0 Å². The van der Waals surface area contributed by atoms with Crippen LogP contribution in [0.15, 0.2) is 133 Å². The van der Waals surface area contributed by atoms with Crippen LogP contribution in [0.4, 0.5) is 17.1 Å². The number of rotatable bonds is 23. The summed E-state index contributed by atoms with van der Waals surface area (Å²) >= 11 is 1.60. The zero-order valence-electron chi connectivity index (χ0n) is 43.8. The summed E-state index contributed by atoms with van der Waals surface area (Å²) in [5.41, 5.74) is 22.3. The summed E-state index contributed by atoms with van der Waals surface area (Å²) < 4.78 is 0. The van der Waals surface area contributed by atoms with E-state index in [9.17, 15) is 4.79 Å². The van der Waals surface area contributed by atoms with Crippen molar-refractivity contribution in [1.82, 2.24) is 0 Å². The molecule has 0 atom stereocenters. The number of hydrogen-bond donors (Lipinski definition) is 0. The first-order chi connectivity index (χ1) is 34.8. The monoisotopic (exact) mass is 956 g/mol. The molecule has 3 aliphatic rings. The molecule has 2 nitrogen and oxygen atoms in total. The zero-order valence-corrected chi connectivity index (χ0v) is 44.6. The number of unbranched alkanes of at least 4 members (excludes halogenated alkanes) is 6. The van der Waals surface area contributed by atoms with Crippen molar-refractivity contribution in [1.29, 1.82) is 0 Å². The minimum absolute atomic E-state index is 0.0174. The summed E-state index contributed by atoms with van der Waals surface area (Å²) in [4.78, 5) is 16.5. The van der Waals surface area contributed by atoms with Crippen LogP contribution in [0.2, 0.25) is 0 Å². The van der Waals surface area contributed by atoms with E-state index in [2.05, 4.69) is 174 Å². The van der Waals surface area contributed by atoms with Gasteiger partial charge in [-0.2, -0.15) is 0 Å². The van der Waals surface area contributed by atoms with Gasteiger partial charge in [0, 0.05) is 38.2 Å². The van der Waals surface area contributed by atoms with Crippen LogP contribution in [0.25, 0.3) is 43.8 Å². The van der Waals surface area contributed by atoms with Crippen LogP contribution in [-0.2, 0) is 16.2 Å². The van der Waals surface area contributed by atoms with E-state index in [0.29, 0.717) is 0 Å². The number of carbonyl (C=O) groups is 1. The van der Waals surface area contributed by atoms with Crippen LogP contribution in [0.5, 0.6) is 0 Å². The van der Waals surface area contributed by atoms with Gasteiger partial charge in [-0.1, -0.05) is 197 Å². The first-order valence-corrected chi connectivity index (χ1v) is 28.8. The van der Waals surface area contributed by atoms with Crippen LogP contribution in [-0.4, -0.2) is 6.29 Å². The zero-order chi connectivity index (χ0) is 49.2. The Morgan fingerprint density at radius 2 is 0.718 bits per heavy atom. The lowest BCUT2D eigenvalue weighted by atomic mass is 9.70. The normalized spacial score (nSPS) is 14.9. The third-order valence-electron chi connectivity index (χ3n) is 17.4. The fourth-order valence-corrected chi connectivity index (χ4v) is 14.6. The van der Waals surface area contributed by atoms with Crippen molar-refractivity contribution in [2.75, 3.05) is 4.90 Å². The van der Waals surface area contributed by atoms with Gasteiger partial charge in [0.25, 0.3) is 0 Å². The highest BCUT2D eigenvalue weighted by Gasteiger charge is 2.46. The summed E-state index contributed by atoms with van der Waals surface area (Å²) in [7, 11) is 0. The third-order valence-corrected chi connectivity index (χ3v) is 18.5. The van der Waals surface area contributed by atoms with E-state index < -0.39 is 0 Å². The molecule has 0 amide bonds. The van der Waals surface area contributed by atoms with Crippen LogP contribution in [0, 0.1) is 0 Å². The molecule has 0 aliphatic heterocycles. The number of anilines is 3. The molecule has 3 aliphatic carbocycles. The number of thiophene rings is 1. The lowest BCUT2D eigenvalue weighted by Gasteiger charge is -2.36. The Kier molecular flexibility index (Phi) is 14.5. The summed E-state index contributed by atoms with van der Waals surface area (Å²) in [5, 5.41) is 0. The number of nitrogens with zero attached hydrogens (tertiary/aromatic N) is 1. The first-order valence-electron chi connectivity index (χ1n) is 28.0. The summed E-state index contributed by atoms with van der Waals surface area (Å²) in [5.74, 6) is 0. The van der Waals surface area contributed by atoms with Crippen molar-refractivity contribution in [3.63, 3.8) is 0 Å².